The first-order valence-corrected chi connectivity index (χ1v) is 13.6. The van der Waals surface area contributed by atoms with Gasteiger partial charge in [-0.15, -0.1) is 0 Å². The van der Waals surface area contributed by atoms with Gasteiger partial charge in [-0.1, -0.05) is 49.7 Å². The highest BCUT2D eigenvalue weighted by molar-refractivity contribution is 7.92. The minimum atomic E-state index is -3.84. The molecule has 0 heterocycles. The Balaban J connectivity index is 2.48. The standard InChI is InChI=1S/C26H37N3O5S/c1-7-15-27-26(31)22(8-2)28(17-21-12-9-19(3)10-13-21)25(30)18-29(35(6,32)33)23-16-20(4)11-14-24(23)34-5/h9-14,16,22H,7-8,15,17-18H2,1-6H3,(H,27,31)/t22-/m1/s1. The van der Waals surface area contributed by atoms with Gasteiger partial charge in [0.15, 0.2) is 0 Å². The molecule has 1 N–H and O–H groups in total. The molecule has 2 aromatic carbocycles. The number of nitrogens with one attached hydrogen (secondary N) is 1. The second-order valence-corrected chi connectivity index (χ2v) is 10.6. The van der Waals surface area contributed by atoms with E-state index in [0.717, 1.165) is 33.7 Å². The lowest BCUT2D eigenvalue weighted by molar-refractivity contribution is -0.140. The van der Waals surface area contributed by atoms with Crippen LogP contribution in [0.25, 0.3) is 0 Å². The third-order valence-corrected chi connectivity index (χ3v) is 6.82. The maximum absolute atomic E-state index is 13.7. The van der Waals surface area contributed by atoms with Crippen LogP contribution in [-0.4, -0.2) is 57.6 Å². The third-order valence-electron chi connectivity index (χ3n) is 5.69. The highest BCUT2D eigenvalue weighted by atomic mass is 32.2. The molecule has 0 saturated heterocycles. The molecule has 2 aromatic rings. The van der Waals surface area contributed by atoms with Crippen molar-refractivity contribution in [1.29, 1.82) is 0 Å². The molecule has 0 aliphatic heterocycles. The molecular formula is C26H37N3O5S. The minimum absolute atomic E-state index is 0.180. The van der Waals surface area contributed by atoms with Crippen molar-refractivity contribution >= 4 is 27.5 Å². The number of hydrogen-bond acceptors (Lipinski definition) is 5. The van der Waals surface area contributed by atoms with Gasteiger partial charge in [0.1, 0.15) is 18.3 Å². The summed E-state index contributed by atoms with van der Waals surface area (Å²) in [5.41, 5.74) is 3.03. The number of amides is 2. The van der Waals surface area contributed by atoms with Gasteiger partial charge in [0, 0.05) is 13.1 Å². The van der Waals surface area contributed by atoms with Gasteiger partial charge < -0.3 is 15.0 Å². The molecular weight excluding hydrogens is 466 g/mol. The normalized spacial score (nSPS) is 12.1. The van der Waals surface area contributed by atoms with Crippen LogP contribution in [0.5, 0.6) is 5.75 Å². The van der Waals surface area contributed by atoms with Crippen LogP contribution in [0.2, 0.25) is 0 Å². The number of aryl methyl sites for hydroxylation is 2. The molecule has 0 bridgehead atoms. The molecule has 9 heteroatoms. The molecule has 0 unspecified atom stereocenters. The number of rotatable bonds is 12. The highest BCUT2D eigenvalue weighted by Crippen LogP contribution is 2.31. The fourth-order valence-electron chi connectivity index (χ4n) is 3.77. The summed E-state index contributed by atoms with van der Waals surface area (Å²) in [6, 6.07) is 12.1. The van der Waals surface area contributed by atoms with Crippen LogP contribution < -0.4 is 14.4 Å². The molecule has 1 atom stereocenters. The first-order valence-electron chi connectivity index (χ1n) is 11.8. The van der Waals surface area contributed by atoms with Crippen LogP contribution in [0.3, 0.4) is 0 Å². The van der Waals surface area contributed by atoms with Crippen LogP contribution >= 0.6 is 0 Å². The summed E-state index contributed by atoms with van der Waals surface area (Å²) in [6.07, 6.45) is 2.21. The molecule has 2 amide bonds. The number of nitrogens with zero attached hydrogens (tertiary/aromatic N) is 2. The van der Waals surface area contributed by atoms with E-state index in [1.54, 1.807) is 18.2 Å². The number of carbonyl (C=O) groups is 2. The fraction of sp³-hybridized carbons (Fsp3) is 0.462. The molecule has 35 heavy (non-hydrogen) atoms. The van der Waals surface area contributed by atoms with Gasteiger partial charge in [0.25, 0.3) is 0 Å². The summed E-state index contributed by atoms with van der Waals surface area (Å²) in [5, 5.41) is 2.87. The molecule has 0 fully saturated rings. The van der Waals surface area contributed by atoms with Gasteiger partial charge in [-0.05, 0) is 49.9 Å². The zero-order valence-corrected chi connectivity index (χ0v) is 22.3. The Morgan fingerprint density at radius 3 is 2.20 bits per heavy atom. The van der Waals surface area contributed by atoms with E-state index in [2.05, 4.69) is 5.32 Å². The average molecular weight is 504 g/mol. The summed E-state index contributed by atoms with van der Waals surface area (Å²) < 4.78 is 32.0. The molecule has 0 radical (unpaired) electrons. The van der Waals surface area contributed by atoms with Crippen molar-refractivity contribution in [2.75, 3.05) is 30.8 Å². The van der Waals surface area contributed by atoms with E-state index in [4.69, 9.17) is 4.74 Å². The topological polar surface area (TPSA) is 96.0 Å². The molecule has 0 aliphatic rings. The van der Waals surface area contributed by atoms with Crippen LogP contribution in [0.1, 0.15) is 43.4 Å². The monoisotopic (exact) mass is 503 g/mol. The fourth-order valence-corrected chi connectivity index (χ4v) is 4.61. The van der Waals surface area contributed by atoms with Crippen LogP contribution in [0.4, 0.5) is 5.69 Å². The Morgan fingerprint density at radius 1 is 1.03 bits per heavy atom. The second-order valence-electron chi connectivity index (χ2n) is 8.67. The predicted octanol–water partition coefficient (Wildman–Crippen LogP) is 3.41. The number of anilines is 1. The number of hydrogen-bond donors (Lipinski definition) is 1. The average Bonchev–Trinajstić information content (AvgIpc) is 2.81. The summed E-state index contributed by atoms with van der Waals surface area (Å²) in [7, 11) is -2.39. The lowest BCUT2D eigenvalue weighted by atomic mass is 10.1. The first kappa shape index (κ1) is 28.2. The Labute approximate surface area is 209 Å². The predicted molar refractivity (Wildman–Crippen MR) is 139 cm³/mol. The zero-order valence-electron chi connectivity index (χ0n) is 21.5. The van der Waals surface area contributed by atoms with E-state index in [1.807, 2.05) is 52.0 Å². The van der Waals surface area contributed by atoms with E-state index in [1.165, 1.54) is 12.0 Å². The van der Waals surface area contributed by atoms with Crippen LogP contribution in [0, 0.1) is 13.8 Å². The second kappa shape index (κ2) is 12.6. The van der Waals surface area contributed by atoms with Crippen molar-refractivity contribution in [3.8, 4) is 5.75 Å². The van der Waals surface area contributed by atoms with Crippen LogP contribution in [0.15, 0.2) is 42.5 Å². The van der Waals surface area contributed by atoms with E-state index in [9.17, 15) is 18.0 Å². The summed E-state index contributed by atoms with van der Waals surface area (Å²) in [6.45, 7) is 7.82. The third kappa shape index (κ3) is 7.71. The number of carbonyl (C=O) groups excluding carboxylic acids is 2. The number of ether oxygens (including phenoxy) is 1. The molecule has 0 aromatic heterocycles. The minimum Gasteiger partial charge on any atom is -0.495 e. The number of benzene rings is 2. The van der Waals surface area contributed by atoms with Crippen molar-refractivity contribution in [2.45, 2.75) is 53.1 Å². The largest absolute Gasteiger partial charge is 0.495 e. The number of methoxy groups -OCH3 is 1. The maximum Gasteiger partial charge on any atom is 0.244 e. The lowest BCUT2D eigenvalue weighted by Crippen LogP contribution is -2.52. The summed E-state index contributed by atoms with van der Waals surface area (Å²) >= 11 is 0. The maximum atomic E-state index is 13.7. The van der Waals surface area contributed by atoms with Gasteiger partial charge >= 0.3 is 0 Å². The SMILES string of the molecule is CCCNC(=O)[C@@H](CC)N(Cc1ccc(C)cc1)C(=O)CN(c1cc(C)ccc1OC)S(C)(=O)=O. The van der Waals surface area contributed by atoms with Crippen molar-refractivity contribution in [3.63, 3.8) is 0 Å². The first-order chi connectivity index (χ1) is 16.5. The van der Waals surface area contributed by atoms with Crippen molar-refractivity contribution in [2.24, 2.45) is 0 Å². The Hall–Kier alpha value is -3.07. The van der Waals surface area contributed by atoms with Gasteiger partial charge in [-0.25, -0.2) is 8.42 Å². The Bertz CT molecular complexity index is 1120. The molecule has 0 saturated carbocycles. The molecule has 192 valence electrons. The lowest BCUT2D eigenvalue weighted by Gasteiger charge is -2.33. The summed E-state index contributed by atoms with van der Waals surface area (Å²) in [4.78, 5) is 28.1. The van der Waals surface area contributed by atoms with Crippen molar-refractivity contribution in [3.05, 3.63) is 59.2 Å². The molecule has 0 spiro atoms. The van der Waals surface area contributed by atoms with Crippen molar-refractivity contribution in [1.82, 2.24) is 10.2 Å². The van der Waals surface area contributed by atoms with E-state index in [0.29, 0.717) is 18.7 Å². The quantitative estimate of drug-likeness (QED) is 0.479. The van der Waals surface area contributed by atoms with Crippen LogP contribution in [-0.2, 0) is 26.2 Å². The highest BCUT2D eigenvalue weighted by Gasteiger charge is 2.32. The Kier molecular flexibility index (Phi) is 10.1. The summed E-state index contributed by atoms with van der Waals surface area (Å²) in [5.74, 6) is -0.390. The van der Waals surface area contributed by atoms with Gasteiger partial charge in [0.05, 0.1) is 19.1 Å². The Morgan fingerprint density at radius 2 is 1.66 bits per heavy atom. The van der Waals surface area contributed by atoms with Gasteiger partial charge in [-0.2, -0.15) is 0 Å². The van der Waals surface area contributed by atoms with Crippen molar-refractivity contribution < 1.29 is 22.7 Å². The molecule has 2 rings (SSSR count). The van der Waals surface area contributed by atoms with E-state index >= 15 is 0 Å². The molecule has 0 aliphatic carbocycles. The molecule has 8 nitrogen and oxygen atoms in total. The van der Waals surface area contributed by atoms with Gasteiger partial charge in [-0.3, -0.25) is 13.9 Å². The zero-order chi connectivity index (χ0) is 26.2. The van der Waals surface area contributed by atoms with Gasteiger partial charge in [0.2, 0.25) is 21.8 Å². The number of sulfonamides is 1. The smallest absolute Gasteiger partial charge is 0.244 e. The van der Waals surface area contributed by atoms with E-state index in [-0.39, 0.29) is 18.1 Å². The van der Waals surface area contributed by atoms with E-state index < -0.39 is 28.5 Å².